The summed E-state index contributed by atoms with van der Waals surface area (Å²) in [5.74, 6) is -0.226. The van der Waals surface area contributed by atoms with Crippen LogP contribution in [0.2, 0.25) is 0 Å². The first-order valence-corrected chi connectivity index (χ1v) is 6.27. The first kappa shape index (κ1) is 13.8. The Morgan fingerprint density at radius 1 is 1.25 bits per heavy atom. The molecule has 1 N–H and O–H groups in total. The maximum absolute atomic E-state index is 11.8. The SMILES string of the molecule is Cc1cc(=O)n(C)cc1NC(=O)/C=C/c1ccccc1. The molecule has 4 nitrogen and oxygen atoms in total. The quantitative estimate of drug-likeness (QED) is 0.869. The molecule has 0 bridgehead atoms. The van der Waals surface area contributed by atoms with Crippen LogP contribution < -0.4 is 10.9 Å². The van der Waals surface area contributed by atoms with E-state index in [1.807, 2.05) is 30.3 Å². The fourth-order valence-electron chi connectivity index (χ4n) is 1.77. The van der Waals surface area contributed by atoms with Crippen molar-refractivity contribution < 1.29 is 4.79 Å². The molecule has 0 atom stereocenters. The molecule has 20 heavy (non-hydrogen) atoms. The lowest BCUT2D eigenvalue weighted by molar-refractivity contribution is -0.111. The van der Waals surface area contributed by atoms with Crippen LogP contribution in [-0.4, -0.2) is 10.5 Å². The van der Waals surface area contributed by atoms with E-state index in [-0.39, 0.29) is 11.5 Å². The zero-order valence-electron chi connectivity index (χ0n) is 11.5. The maximum atomic E-state index is 11.8. The molecule has 1 amide bonds. The van der Waals surface area contributed by atoms with E-state index in [4.69, 9.17) is 0 Å². The molecule has 0 spiro atoms. The summed E-state index contributed by atoms with van der Waals surface area (Å²) in [5.41, 5.74) is 2.24. The van der Waals surface area contributed by atoms with Crippen LogP contribution in [0.5, 0.6) is 0 Å². The van der Waals surface area contributed by atoms with Crippen LogP contribution in [-0.2, 0) is 11.8 Å². The minimum Gasteiger partial charge on any atom is -0.321 e. The maximum Gasteiger partial charge on any atom is 0.250 e. The van der Waals surface area contributed by atoms with Crippen molar-refractivity contribution in [2.24, 2.45) is 7.05 Å². The standard InChI is InChI=1S/C16H16N2O2/c1-12-10-16(20)18(2)11-14(12)17-15(19)9-8-13-6-4-3-5-7-13/h3-11H,1-2H3,(H,17,19)/b9-8+. The Balaban J connectivity index is 2.11. The molecule has 0 fully saturated rings. The lowest BCUT2D eigenvalue weighted by atomic mass is 10.2. The average Bonchev–Trinajstić information content (AvgIpc) is 2.44. The lowest BCUT2D eigenvalue weighted by Crippen LogP contribution is -2.18. The molecule has 102 valence electrons. The van der Waals surface area contributed by atoms with Gasteiger partial charge in [0.25, 0.3) is 5.56 Å². The molecular formula is C16H16N2O2. The molecule has 0 aliphatic heterocycles. The predicted molar refractivity (Wildman–Crippen MR) is 80.5 cm³/mol. The van der Waals surface area contributed by atoms with E-state index in [0.717, 1.165) is 11.1 Å². The highest BCUT2D eigenvalue weighted by Crippen LogP contribution is 2.11. The minimum absolute atomic E-state index is 0.0969. The van der Waals surface area contributed by atoms with Gasteiger partial charge in [-0.05, 0) is 24.1 Å². The Morgan fingerprint density at radius 3 is 2.65 bits per heavy atom. The van der Waals surface area contributed by atoms with Gasteiger partial charge in [0.05, 0.1) is 5.69 Å². The number of amides is 1. The van der Waals surface area contributed by atoms with Gasteiger partial charge < -0.3 is 9.88 Å². The van der Waals surface area contributed by atoms with Crippen LogP contribution >= 0.6 is 0 Å². The van der Waals surface area contributed by atoms with Crippen molar-refractivity contribution in [1.29, 1.82) is 0 Å². The third-order valence-corrected chi connectivity index (χ3v) is 2.92. The van der Waals surface area contributed by atoms with Gasteiger partial charge in [-0.25, -0.2) is 0 Å². The van der Waals surface area contributed by atoms with Gasteiger partial charge in [0.1, 0.15) is 0 Å². The van der Waals surface area contributed by atoms with E-state index < -0.39 is 0 Å². The Hall–Kier alpha value is -2.62. The zero-order valence-corrected chi connectivity index (χ0v) is 11.5. The van der Waals surface area contributed by atoms with Crippen LogP contribution in [0.1, 0.15) is 11.1 Å². The molecule has 2 aromatic rings. The van der Waals surface area contributed by atoms with Crippen molar-refractivity contribution >= 4 is 17.7 Å². The van der Waals surface area contributed by atoms with E-state index in [9.17, 15) is 9.59 Å². The number of hydrogen-bond acceptors (Lipinski definition) is 2. The van der Waals surface area contributed by atoms with Crippen LogP contribution in [0.4, 0.5) is 5.69 Å². The molecule has 0 aliphatic carbocycles. The molecule has 0 radical (unpaired) electrons. The molecule has 0 unspecified atom stereocenters. The number of nitrogens with one attached hydrogen (secondary N) is 1. The third kappa shape index (κ3) is 3.45. The summed E-state index contributed by atoms with van der Waals surface area (Å²) in [4.78, 5) is 23.3. The Kier molecular flexibility index (Phi) is 4.15. The predicted octanol–water partition coefficient (Wildman–Crippen LogP) is 2.35. The summed E-state index contributed by atoms with van der Waals surface area (Å²) in [6.07, 6.45) is 4.83. The van der Waals surface area contributed by atoms with E-state index in [1.54, 1.807) is 26.2 Å². The first-order valence-electron chi connectivity index (χ1n) is 6.27. The Morgan fingerprint density at radius 2 is 1.95 bits per heavy atom. The highest BCUT2D eigenvalue weighted by atomic mass is 16.1. The Labute approximate surface area is 117 Å². The molecule has 0 aliphatic rings. The molecule has 2 rings (SSSR count). The highest BCUT2D eigenvalue weighted by molar-refractivity contribution is 6.02. The number of pyridine rings is 1. The van der Waals surface area contributed by atoms with Crippen LogP contribution in [0, 0.1) is 6.92 Å². The number of aromatic nitrogens is 1. The second-order valence-corrected chi connectivity index (χ2v) is 4.55. The summed E-state index contributed by atoms with van der Waals surface area (Å²) >= 11 is 0. The Bertz CT molecular complexity index is 700. The highest BCUT2D eigenvalue weighted by Gasteiger charge is 2.03. The van der Waals surface area contributed by atoms with Crippen molar-refractivity contribution in [2.45, 2.75) is 6.92 Å². The number of carbonyl (C=O) groups excluding carboxylic acids is 1. The van der Waals surface area contributed by atoms with Crippen molar-refractivity contribution in [3.8, 4) is 0 Å². The van der Waals surface area contributed by atoms with Crippen LogP contribution in [0.3, 0.4) is 0 Å². The largest absolute Gasteiger partial charge is 0.321 e. The van der Waals surface area contributed by atoms with Gasteiger partial charge in [-0.15, -0.1) is 0 Å². The third-order valence-electron chi connectivity index (χ3n) is 2.92. The average molecular weight is 268 g/mol. The minimum atomic E-state index is -0.226. The van der Waals surface area contributed by atoms with Gasteiger partial charge in [-0.3, -0.25) is 9.59 Å². The fourth-order valence-corrected chi connectivity index (χ4v) is 1.77. The monoisotopic (exact) mass is 268 g/mol. The number of aryl methyl sites for hydroxylation is 2. The van der Waals surface area contributed by atoms with Crippen molar-refractivity contribution in [2.75, 3.05) is 5.32 Å². The smallest absolute Gasteiger partial charge is 0.250 e. The second-order valence-electron chi connectivity index (χ2n) is 4.55. The van der Waals surface area contributed by atoms with E-state index in [1.165, 1.54) is 16.7 Å². The molecule has 1 aromatic heterocycles. The summed E-state index contributed by atoms with van der Waals surface area (Å²) in [6.45, 7) is 1.79. The number of nitrogens with zero attached hydrogens (tertiary/aromatic N) is 1. The van der Waals surface area contributed by atoms with Gasteiger partial charge in [-0.2, -0.15) is 0 Å². The van der Waals surface area contributed by atoms with E-state index in [0.29, 0.717) is 5.69 Å². The number of hydrogen-bond donors (Lipinski definition) is 1. The molecule has 4 heteroatoms. The van der Waals surface area contributed by atoms with E-state index >= 15 is 0 Å². The second kappa shape index (κ2) is 6.02. The summed E-state index contributed by atoms with van der Waals surface area (Å²) < 4.78 is 1.43. The summed E-state index contributed by atoms with van der Waals surface area (Å²) in [6, 6.07) is 11.1. The van der Waals surface area contributed by atoms with Crippen molar-refractivity contribution in [1.82, 2.24) is 4.57 Å². The molecule has 1 heterocycles. The summed E-state index contributed by atoms with van der Waals surface area (Å²) in [7, 11) is 1.65. The van der Waals surface area contributed by atoms with Crippen molar-refractivity contribution in [3.05, 3.63) is 70.2 Å². The van der Waals surface area contributed by atoms with Gasteiger partial charge in [0.15, 0.2) is 0 Å². The lowest BCUT2D eigenvalue weighted by Gasteiger charge is -2.07. The van der Waals surface area contributed by atoms with Gasteiger partial charge in [0.2, 0.25) is 5.91 Å². The van der Waals surface area contributed by atoms with Crippen molar-refractivity contribution in [3.63, 3.8) is 0 Å². The van der Waals surface area contributed by atoms with Gasteiger partial charge >= 0.3 is 0 Å². The number of benzene rings is 1. The van der Waals surface area contributed by atoms with Crippen LogP contribution in [0.15, 0.2) is 53.5 Å². The number of anilines is 1. The fraction of sp³-hybridized carbons (Fsp3) is 0.125. The number of rotatable bonds is 3. The van der Waals surface area contributed by atoms with Crippen LogP contribution in [0.25, 0.3) is 6.08 Å². The first-order chi connectivity index (χ1) is 9.56. The molecule has 0 saturated heterocycles. The normalized spacial score (nSPS) is 10.7. The molecule has 0 saturated carbocycles. The summed E-state index contributed by atoms with van der Waals surface area (Å²) in [5, 5.41) is 2.76. The van der Waals surface area contributed by atoms with Gasteiger partial charge in [-0.1, -0.05) is 30.3 Å². The van der Waals surface area contributed by atoms with E-state index in [2.05, 4.69) is 5.32 Å². The van der Waals surface area contributed by atoms with Gasteiger partial charge in [0, 0.05) is 25.4 Å². The molecular weight excluding hydrogens is 252 g/mol. The molecule has 1 aromatic carbocycles. The zero-order chi connectivity index (χ0) is 14.5. The topological polar surface area (TPSA) is 51.1 Å². The number of carbonyl (C=O) groups is 1.